The molecule has 15 N–H and O–H groups in total. The van der Waals surface area contributed by atoms with E-state index in [2.05, 4.69) is 41.9 Å². The van der Waals surface area contributed by atoms with E-state index in [-0.39, 0.29) is 30.9 Å². The summed E-state index contributed by atoms with van der Waals surface area (Å²) in [4.78, 5) is 96.8. The fourth-order valence-corrected chi connectivity index (χ4v) is 5.10. The van der Waals surface area contributed by atoms with Gasteiger partial charge in [-0.2, -0.15) is 0 Å². The average molecular weight is 794 g/mol. The largest absolute Gasteiger partial charge is 0.508 e. The highest BCUT2D eigenvalue weighted by Gasteiger charge is 2.34. The second kappa shape index (κ2) is 22.6. The van der Waals surface area contributed by atoms with E-state index in [1.54, 1.807) is 13.8 Å². The smallest absolute Gasteiger partial charge is 0.328 e. The van der Waals surface area contributed by atoms with Crippen molar-refractivity contribution >= 4 is 41.4 Å². The predicted molar refractivity (Wildman–Crippen MR) is 194 cm³/mol. The Labute approximate surface area is 321 Å². The number of nitrogens with zero attached hydrogens (tertiary/aromatic N) is 1. The van der Waals surface area contributed by atoms with Gasteiger partial charge < -0.3 is 73.3 Å². The summed E-state index contributed by atoms with van der Waals surface area (Å²) >= 11 is 0. The van der Waals surface area contributed by atoms with Crippen LogP contribution in [0.5, 0.6) is 5.75 Å². The molecule has 1 aromatic heterocycles. The van der Waals surface area contributed by atoms with Crippen LogP contribution in [0.25, 0.3) is 0 Å². The van der Waals surface area contributed by atoms with Crippen molar-refractivity contribution in [2.24, 2.45) is 11.7 Å². The van der Waals surface area contributed by atoms with Crippen LogP contribution in [0.15, 0.2) is 36.8 Å². The van der Waals surface area contributed by atoms with Gasteiger partial charge >= 0.3 is 5.97 Å². The standard InChI is InChI=1S/C34H51N9O13/c1-16(2)8-22(29(50)39-23(10-19-11-36-15-37-19)30(51)42-26(14-46)34(55)56)38-31(52)24(12-44)40-32(53)25(13-45)41-33(54)27(17(3)47)43-28(49)21(35)9-18-4-6-20(48)7-5-18/h4-7,11,15-17,21-27,44-48H,8-10,12-14,35H2,1-3H3,(H,36,37)(H,38,52)(H,39,50)(H,40,53)(H,41,54)(H,42,51)(H,43,49)(H,55,56)/t17-,21+,22+,23+,24+,25+,26+,27+/m1/s1. The van der Waals surface area contributed by atoms with E-state index in [0.717, 1.165) is 0 Å². The normalized spacial score (nSPS) is 15.4. The Morgan fingerprint density at radius 2 is 1.16 bits per heavy atom. The summed E-state index contributed by atoms with van der Waals surface area (Å²) in [7, 11) is 0. The molecular formula is C34H51N9O13. The number of carboxylic acid groups (broad SMARTS) is 1. The Bertz CT molecular complexity index is 1620. The molecule has 1 aromatic carbocycles. The molecule has 0 saturated carbocycles. The molecule has 0 aliphatic rings. The number of rotatable bonds is 23. The number of aromatic nitrogens is 2. The van der Waals surface area contributed by atoms with E-state index in [1.807, 2.05) is 0 Å². The Morgan fingerprint density at radius 3 is 1.64 bits per heavy atom. The minimum absolute atomic E-state index is 0.00173. The van der Waals surface area contributed by atoms with Crippen LogP contribution >= 0.6 is 0 Å². The first-order valence-electron chi connectivity index (χ1n) is 17.5. The first-order valence-corrected chi connectivity index (χ1v) is 17.5. The van der Waals surface area contributed by atoms with Crippen LogP contribution < -0.4 is 37.6 Å². The number of imidazole rings is 1. The molecule has 0 aliphatic carbocycles. The number of benzene rings is 1. The number of hydrogen-bond donors (Lipinski definition) is 14. The minimum Gasteiger partial charge on any atom is -0.508 e. The zero-order chi connectivity index (χ0) is 42.1. The van der Waals surface area contributed by atoms with E-state index in [1.165, 1.54) is 43.7 Å². The lowest BCUT2D eigenvalue weighted by atomic mass is 10.0. The van der Waals surface area contributed by atoms with Crippen LogP contribution in [0.4, 0.5) is 0 Å². The van der Waals surface area contributed by atoms with Gasteiger partial charge in [0.2, 0.25) is 35.4 Å². The van der Waals surface area contributed by atoms with E-state index in [4.69, 9.17) is 5.73 Å². The van der Waals surface area contributed by atoms with Crippen LogP contribution in [-0.4, -0.2) is 150 Å². The highest BCUT2D eigenvalue weighted by atomic mass is 16.4. The van der Waals surface area contributed by atoms with E-state index in [9.17, 15) is 64.2 Å². The summed E-state index contributed by atoms with van der Waals surface area (Å²) in [5.41, 5.74) is 6.92. The van der Waals surface area contributed by atoms with Gasteiger partial charge in [-0.15, -0.1) is 0 Å². The summed E-state index contributed by atoms with van der Waals surface area (Å²) in [6, 6.07) is -4.98. The quantitative estimate of drug-likeness (QED) is 0.0499. The molecule has 0 unspecified atom stereocenters. The van der Waals surface area contributed by atoms with Crippen molar-refractivity contribution in [2.45, 2.75) is 88.4 Å². The molecule has 56 heavy (non-hydrogen) atoms. The Morgan fingerprint density at radius 1 is 0.679 bits per heavy atom. The van der Waals surface area contributed by atoms with Crippen molar-refractivity contribution in [3.05, 3.63) is 48.0 Å². The molecule has 8 atom stereocenters. The molecule has 2 rings (SSSR count). The highest BCUT2D eigenvalue weighted by Crippen LogP contribution is 2.12. The number of phenolic OH excluding ortho intramolecular Hbond substituents is 1. The van der Waals surface area contributed by atoms with Crippen molar-refractivity contribution in [3.8, 4) is 5.75 Å². The lowest BCUT2D eigenvalue weighted by Crippen LogP contribution is -2.62. The van der Waals surface area contributed by atoms with Gasteiger partial charge in [-0.25, -0.2) is 9.78 Å². The van der Waals surface area contributed by atoms with Gasteiger partial charge in [0.1, 0.15) is 42.0 Å². The van der Waals surface area contributed by atoms with E-state index >= 15 is 0 Å². The minimum atomic E-state index is -1.77. The topological polar surface area (TPSA) is 368 Å². The molecule has 0 radical (unpaired) electrons. The van der Waals surface area contributed by atoms with E-state index in [0.29, 0.717) is 11.3 Å². The maximum atomic E-state index is 13.5. The van der Waals surface area contributed by atoms with Crippen molar-refractivity contribution < 1.29 is 64.2 Å². The van der Waals surface area contributed by atoms with Gasteiger partial charge in [-0.05, 0) is 43.4 Å². The number of carbonyl (C=O) groups is 7. The maximum absolute atomic E-state index is 13.5. The third-order valence-corrected chi connectivity index (χ3v) is 8.17. The van der Waals surface area contributed by atoms with E-state index < -0.39 is 110 Å². The highest BCUT2D eigenvalue weighted by molar-refractivity contribution is 5.97. The molecule has 310 valence electrons. The Hall–Kier alpha value is -5.68. The molecule has 1 heterocycles. The first kappa shape index (κ1) is 46.5. The number of aliphatic carboxylic acids is 1. The molecule has 0 spiro atoms. The number of phenols is 1. The van der Waals surface area contributed by atoms with Gasteiger partial charge in [0.05, 0.1) is 38.3 Å². The summed E-state index contributed by atoms with van der Waals surface area (Å²) in [6.07, 6.45) is 0.935. The molecule has 0 saturated heterocycles. The van der Waals surface area contributed by atoms with Crippen LogP contribution in [0.1, 0.15) is 38.4 Å². The predicted octanol–water partition coefficient (Wildman–Crippen LogP) is -5.38. The van der Waals surface area contributed by atoms with Gasteiger partial charge in [0.15, 0.2) is 0 Å². The van der Waals surface area contributed by atoms with Crippen molar-refractivity contribution in [2.75, 3.05) is 19.8 Å². The number of aliphatic hydroxyl groups is 4. The Balaban J connectivity index is 2.13. The lowest BCUT2D eigenvalue weighted by molar-refractivity contribution is -0.143. The summed E-state index contributed by atoms with van der Waals surface area (Å²) in [6.45, 7) is 1.61. The second-order valence-electron chi connectivity index (χ2n) is 13.3. The molecule has 6 amide bonds. The van der Waals surface area contributed by atoms with Gasteiger partial charge in [-0.3, -0.25) is 28.8 Å². The Kier molecular flexibility index (Phi) is 18.8. The number of aromatic amines is 1. The van der Waals surface area contributed by atoms with Gasteiger partial charge in [0.25, 0.3) is 0 Å². The molecule has 0 aliphatic heterocycles. The molecular weight excluding hydrogens is 742 g/mol. The molecule has 0 fully saturated rings. The molecule has 22 heteroatoms. The zero-order valence-corrected chi connectivity index (χ0v) is 31.0. The summed E-state index contributed by atoms with van der Waals surface area (Å²) in [5, 5.41) is 71.8. The van der Waals surface area contributed by atoms with Crippen molar-refractivity contribution in [1.29, 1.82) is 0 Å². The average Bonchev–Trinajstić information content (AvgIpc) is 3.66. The SMILES string of the molecule is CC(C)C[C@H](NC(=O)[C@H](CO)NC(=O)[C@H](CO)NC(=O)[C@@H](NC(=O)[C@@H](N)Cc1ccc(O)cc1)[C@@H](C)O)C(=O)N[C@@H](Cc1cnc[nH]1)C(=O)N[C@@H](CO)C(=O)O. The van der Waals surface area contributed by atoms with Gasteiger partial charge in [0, 0.05) is 18.3 Å². The number of nitrogens with two attached hydrogens (primary N) is 1. The number of carbonyl (C=O) groups excluding carboxylic acids is 6. The third-order valence-electron chi connectivity index (χ3n) is 8.17. The van der Waals surface area contributed by atoms with Crippen LogP contribution in [0.2, 0.25) is 0 Å². The maximum Gasteiger partial charge on any atom is 0.328 e. The number of H-pyrrole nitrogens is 1. The van der Waals surface area contributed by atoms with Gasteiger partial charge in [-0.1, -0.05) is 26.0 Å². The monoisotopic (exact) mass is 793 g/mol. The van der Waals surface area contributed by atoms with Crippen molar-refractivity contribution in [1.82, 2.24) is 41.9 Å². The van der Waals surface area contributed by atoms with Crippen LogP contribution in [-0.2, 0) is 46.4 Å². The number of aliphatic hydroxyl groups excluding tert-OH is 4. The third kappa shape index (κ3) is 14.9. The summed E-state index contributed by atoms with van der Waals surface area (Å²) in [5.74, 6) is -7.86. The first-order chi connectivity index (χ1) is 26.4. The fourth-order valence-electron chi connectivity index (χ4n) is 5.10. The molecule has 22 nitrogen and oxygen atoms in total. The summed E-state index contributed by atoms with van der Waals surface area (Å²) < 4.78 is 0. The zero-order valence-electron chi connectivity index (χ0n) is 31.0. The number of aromatic hydroxyl groups is 1. The number of nitrogens with one attached hydrogen (secondary N) is 7. The van der Waals surface area contributed by atoms with Crippen LogP contribution in [0.3, 0.4) is 0 Å². The number of hydrogen-bond acceptors (Lipinski definition) is 14. The van der Waals surface area contributed by atoms with Crippen molar-refractivity contribution in [3.63, 3.8) is 0 Å². The number of carboxylic acids is 1. The van der Waals surface area contributed by atoms with Crippen LogP contribution in [0, 0.1) is 5.92 Å². The fraction of sp³-hybridized carbons (Fsp3) is 0.529. The second-order valence-corrected chi connectivity index (χ2v) is 13.3. The lowest BCUT2D eigenvalue weighted by Gasteiger charge is -2.27. The number of amides is 6. The molecule has 2 aromatic rings. The molecule has 0 bridgehead atoms.